The third-order valence-electron chi connectivity index (χ3n) is 1.48. The van der Waals surface area contributed by atoms with Gasteiger partial charge in [0, 0.05) is 0 Å². The first-order valence-electron chi connectivity index (χ1n) is 3.19. The lowest BCUT2D eigenvalue weighted by atomic mass is 10.0. The molecule has 0 heterocycles. The monoisotopic (exact) mass is 158 g/mol. The van der Waals surface area contributed by atoms with Crippen LogP contribution in [0, 0.1) is 5.92 Å². The zero-order chi connectivity index (χ0) is 7.56. The van der Waals surface area contributed by atoms with Crippen molar-refractivity contribution in [2.75, 3.05) is 0 Å². The summed E-state index contributed by atoms with van der Waals surface area (Å²) in [5.41, 5.74) is 0. The molecule has 56 valence electrons. The highest BCUT2D eigenvalue weighted by molar-refractivity contribution is 7.83. The second-order valence-corrected chi connectivity index (χ2v) is 3.40. The molecule has 0 aliphatic heterocycles. The van der Waals surface area contributed by atoms with Crippen molar-refractivity contribution in [3.63, 3.8) is 0 Å². The Hall–Kier alpha value is -0.410. The lowest BCUT2D eigenvalue weighted by molar-refractivity contribution is 0.571. The first-order chi connectivity index (χ1) is 4.70. The Bertz CT molecular complexity index is 206. The van der Waals surface area contributed by atoms with Crippen molar-refractivity contribution in [2.24, 2.45) is 5.92 Å². The number of hydrogen-bond acceptors (Lipinski definition) is 1. The van der Waals surface area contributed by atoms with Crippen molar-refractivity contribution in [1.82, 2.24) is 0 Å². The predicted octanol–water partition coefficient (Wildman–Crippen LogP) is 1.69. The van der Waals surface area contributed by atoms with Crippen LogP contribution in [0.4, 0.5) is 0 Å². The van der Waals surface area contributed by atoms with Gasteiger partial charge in [-0.1, -0.05) is 19.1 Å². The van der Waals surface area contributed by atoms with Gasteiger partial charge < -0.3 is 4.55 Å². The molecule has 0 aromatic carbocycles. The van der Waals surface area contributed by atoms with Crippen molar-refractivity contribution >= 4 is 11.1 Å². The van der Waals surface area contributed by atoms with E-state index in [0.29, 0.717) is 10.8 Å². The molecule has 1 unspecified atom stereocenters. The quantitative estimate of drug-likeness (QED) is 0.589. The van der Waals surface area contributed by atoms with Gasteiger partial charge in [0.05, 0.1) is 4.91 Å². The van der Waals surface area contributed by atoms with Crippen LogP contribution in [0.2, 0.25) is 0 Å². The molecule has 1 aliphatic rings. The summed E-state index contributed by atoms with van der Waals surface area (Å²) in [5, 5.41) is 0. The maximum Gasteiger partial charge on any atom is 0.186 e. The van der Waals surface area contributed by atoms with E-state index in [-0.39, 0.29) is 0 Å². The Kier molecular flexibility index (Phi) is 2.40. The third kappa shape index (κ3) is 1.78. The normalized spacial score (nSPS) is 27.8. The molecule has 0 radical (unpaired) electrons. The smallest absolute Gasteiger partial charge is 0.186 e. The standard InChI is InChI=1S/C7H10O2S/c1-6-2-4-7(5-3-6)10(8)9/h2,4-6H,3H2,1H3,(H,8,9)/t6-/m0/s1. The summed E-state index contributed by atoms with van der Waals surface area (Å²) in [6, 6.07) is 0. The SMILES string of the molecule is C[C@H]1C=CC(S(=O)O)=CC1. The largest absolute Gasteiger partial charge is 0.302 e. The van der Waals surface area contributed by atoms with E-state index in [1.165, 1.54) is 0 Å². The molecule has 3 heteroatoms. The van der Waals surface area contributed by atoms with Crippen LogP contribution in [0.15, 0.2) is 23.1 Å². The van der Waals surface area contributed by atoms with Crippen molar-refractivity contribution in [2.45, 2.75) is 13.3 Å². The molecule has 0 amide bonds. The minimum atomic E-state index is -1.79. The Morgan fingerprint density at radius 2 is 2.50 bits per heavy atom. The van der Waals surface area contributed by atoms with Crippen molar-refractivity contribution in [1.29, 1.82) is 0 Å². The highest BCUT2D eigenvalue weighted by Crippen LogP contribution is 2.16. The summed E-state index contributed by atoms with van der Waals surface area (Å²) in [6.45, 7) is 2.07. The van der Waals surface area contributed by atoms with Gasteiger partial charge in [-0.15, -0.1) is 0 Å². The van der Waals surface area contributed by atoms with Gasteiger partial charge in [0.1, 0.15) is 0 Å². The lowest BCUT2D eigenvalue weighted by Crippen LogP contribution is -1.98. The van der Waals surface area contributed by atoms with Crippen molar-refractivity contribution in [3.8, 4) is 0 Å². The fourth-order valence-corrected chi connectivity index (χ4v) is 1.27. The van der Waals surface area contributed by atoms with E-state index in [9.17, 15) is 4.21 Å². The van der Waals surface area contributed by atoms with Gasteiger partial charge in [0.2, 0.25) is 0 Å². The molecule has 0 bridgehead atoms. The summed E-state index contributed by atoms with van der Waals surface area (Å²) in [7, 11) is 0. The van der Waals surface area contributed by atoms with E-state index in [2.05, 4.69) is 6.92 Å². The molecule has 1 rings (SSSR count). The van der Waals surface area contributed by atoms with E-state index in [4.69, 9.17) is 4.55 Å². The van der Waals surface area contributed by atoms with Crippen LogP contribution < -0.4 is 0 Å². The van der Waals surface area contributed by atoms with Gasteiger partial charge in [0.15, 0.2) is 11.1 Å². The topological polar surface area (TPSA) is 37.3 Å². The summed E-state index contributed by atoms with van der Waals surface area (Å²) in [5.74, 6) is 0.507. The molecule has 0 saturated carbocycles. The number of allylic oxidation sites excluding steroid dienone is 3. The first-order valence-corrected chi connectivity index (χ1v) is 4.30. The van der Waals surface area contributed by atoms with E-state index < -0.39 is 11.1 Å². The Morgan fingerprint density at radius 3 is 2.90 bits per heavy atom. The molecule has 2 nitrogen and oxygen atoms in total. The van der Waals surface area contributed by atoms with Crippen LogP contribution in [0.5, 0.6) is 0 Å². The maximum atomic E-state index is 10.5. The van der Waals surface area contributed by atoms with Crippen LogP contribution in [0.25, 0.3) is 0 Å². The van der Waals surface area contributed by atoms with Crippen LogP contribution in [-0.2, 0) is 11.1 Å². The molecule has 0 aromatic heterocycles. The summed E-state index contributed by atoms with van der Waals surface area (Å²) in [6.07, 6.45) is 6.34. The zero-order valence-corrected chi connectivity index (χ0v) is 6.60. The maximum absolute atomic E-state index is 10.5. The average Bonchev–Trinajstić information content (AvgIpc) is 1.88. The predicted molar refractivity (Wildman–Crippen MR) is 41.8 cm³/mol. The number of rotatable bonds is 1. The summed E-state index contributed by atoms with van der Waals surface area (Å²) in [4.78, 5) is 0.526. The van der Waals surface area contributed by atoms with Gasteiger partial charge in [-0.25, -0.2) is 4.21 Å². The van der Waals surface area contributed by atoms with Gasteiger partial charge >= 0.3 is 0 Å². The van der Waals surface area contributed by atoms with E-state index in [1.807, 2.05) is 6.08 Å². The zero-order valence-electron chi connectivity index (χ0n) is 5.78. The Labute approximate surface area is 62.9 Å². The second kappa shape index (κ2) is 3.12. The number of hydrogen-bond donors (Lipinski definition) is 1. The van der Waals surface area contributed by atoms with E-state index in [0.717, 1.165) is 6.42 Å². The molecule has 1 aliphatic carbocycles. The summed E-state index contributed by atoms with van der Waals surface area (Å²) < 4.78 is 19.1. The van der Waals surface area contributed by atoms with Crippen LogP contribution in [0.3, 0.4) is 0 Å². The lowest BCUT2D eigenvalue weighted by Gasteiger charge is -2.07. The molecule has 1 N–H and O–H groups in total. The molecular formula is C7H10O2S. The van der Waals surface area contributed by atoms with Gasteiger partial charge in [-0.05, 0) is 18.4 Å². The molecule has 0 saturated heterocycles. The van der Waals surface area contributed by atoms with Gasteiger partial charge in [-0.3, -0.25) is 0 Å². The first kappa shape index (κ1) is 7.69. The average molecular weight is 158 g/mol. The van der Waals surface area contributed by atoms with Crippen LogP contribution >= 0.6 is 0 Å². The molecule has 0 spiro atoms. The van der Waals surface area contributed by atoms with E-state index >= 15 is 0 Å². The molecule has 2 atom stereocenters. The fraction of sp³-hybridized carbons (Fsp3) is 0.429. The molecule has 0 fully saturated rings. The van der Waals surface area contributed by atoms with Crippen molar-refractivity contribution < 1.29 is 8.76 Å². The minimum Gasteiger partial charge on any atom is -0.302 e. The molecule has 0 aromatic rings. The summed E-state index contributed by atoms with van der Waals surface area (Å²) >= 11 is -1.79. The van der Waals surface area contributed by atoms with Crippen molar-refractivity contribution in [3.05, 3.63) is 23.1 Å². The van der Waals surface area contributed by atoms with Crippen LogP contribution in [0.1, 0.15) is 13.3 Å². The van der Waals surface area contributed by atoms with Crippen LogP contribution in [-0.4, -0.2) is 8.76 Å². The Balaban J connectivity index is 2.67. The second-order valence-electron chi connectivity index (χ2n) is 2.43. The molecular weight excluding hydrogens is 148 g/mol. The fourth-order valence-electron chi connectivity index (χ4n) is 0.837. The highest BCUT2D eigenvalue weighted by Gasteiger charge is 2.06. The van der Waals surface area contributed by atoms with E-state index in [1.54, 1.807) is 12.2 Å². The highest BCUT2D eigenvalue weighted by atomic mass is 32.2. The Morgan fingerprint density at radius 1 is 1.80 bits per heavy atom. The van der Waals surface area contributed by atoms with Gasteiger partial charge in [0.25, 0.3) is 0 Å². The third-order valence-corrected chi connectivity index (χ3v) is 2.19. The van der Waals surface area contributed by atoms with Gasteiger partial charge in [-0.2, -0.15) is 0 Å². The molecule has 10 heavy (non-hydrogen) atoms. The minimum absolute atomic E-state index is 0.507.